The zero-order chi connectivity index (χ0) is 22.3. The number of carbonyl (C=O) groups is 1. The second-order valence-corrected chi connectivity index (χ2v) is 9.66. The highest BCUT2D eigenvalue weighted by molar-refractivity contribution is 5.79. The lowest BCUT2D eigenvalue weighted by Gasteiger charge is -2.36. The number of anilines is 1. The van der Waals surface area contributed by atoms with Crippen LogP contribution < -0.4 is 10.2 Å². The number of hydrogen-bond donors (Lipinski definition) is 2. The molecule has 1 aliphatic carbocycles. The summed E-state index contributed by atoms with van der Waals surface area (Å²) in [6, 6.07) is 8.46. The van der Waals surface area contributed by atoms with E-state index in [1.807, 2.05) is 19.1 Å². The Balaban J connectivity index is 1.40. The molecule has 1 heterocycles. The van der Waals surface area contributed by atoms with Gasteiger partial charge in [-0.3, -0.25) is 9.69 Å². The van der Waals surface area contributed by atoms with E-state index < -0.39 is 0 Å². The van der Waals surface area contributed by atoms with Gasteiger partial charge >= 0.3 is 0 Å². The second kappa shape index (κ2) is 8.15. The van der Waals surface area contributed by atoms with E-state index in [-0.39, 0.29) is 23.2 Å². The number of benzene rings is 2. The van der Waals surface area contributed by atoms with Gasteiger partial charge in [0.25, 0.3) is 0 Å². The van der Waals surface area contributed by atoms with Crippen molar-refractivity contribution in [1.82, 2.24) is 10.2 Å². The van der Waals surface area contributed by atoms with Crippen LogP contribution in [0.3, 0.4) is 0 Å². The van der Waals surface area contributed by atoms with Crippen molar-refractivity contribution >= 4 is 11.6 Å². The Hall–Kier alpha value is -2.60. The minimum Gasteiger partial charge on any atom is -0.507 e. The van der Waals surface area contributed by atoms with E-state index >= 15 is 0 Å². The van der Waals surface area contributed by atoms with Gasteiger partial charge in [-0.25, -0.2) is 4.39 Å². The van der Waals surface area contributed by atoms with Gasteiger partial charge in [0.1, 0.15) is 11.6 Å². The van der Waals surface area contributed by atoms with Crippen LogP contribution in [-0.4, -0.2) is 48.6 Å². The van der Waals surface area contributed by atoms with E-state index in [1.165, 1.54) is 11.6 Å². The summed E-state index contributed by atoms with van der Waals surface area (Å²) in [4.78, 5) is 17.2. The van der Waals surface area contributed by atoms with Crippen LogP contribution in [0.5, 0.6) is 5.75 Å². The van der Waals surface area contributed by atoms with E-state index in [2.05, 4.69) is 35.9 Å². The first-order valence-electron chi connectivity index (χ1n) is 11.0. The number of nitrogens with one attached hydrogen (secondary N) is 1. The first-order chi connectivity index (χ1) is 14.7. The van der Waals surface area contributed by atoms with Crippen LogP contribution in [-0.2, 0) is 11.2 Å². The van der Waals surface area contributed by atoms with Crippen molar-refractivity contribution in [2.24, 2.45) is 5.41 Å². The standard InChI is InChI=1S/C25H32FN3O2/c1-16-12-17(2)23(31)22-20(16)14-25(3,4)24(22)27-21(30)15-28-8-10-29(11-9-28)19-7-5-6-18(26)13-19/h5-7,12-13,24,31H,8-11,14-15H2,1-4H3,(H,27,30). The SMILES string of the molecule is Cc1cc(C)c2c(c1O)C(NC(=O)CN1CCN(c3cccc(F)c3)CC1)C(C)(C)C2. The number of aryl methyl sites for hydroxylation is 2. The zero-order valence-electron chi connectivity index (χ0n) is 18.8. The van der Waals surface area contributed by atoms with Gasteiger partial charge in [-0.15, -0.1) is 0 Å². The largest absolute Gasteiger partial charge is 0.507 e. The molecule has 1 atom stereocenters. The topological polar surface area (TPSA) is 55.8 Å². The molecule has 0 spiro atoms. The van der Waals surface area contributed by atoms with E-state index in [4.69, 9.17) is 0 Å². The van der Waals surface area contributed by atoms with Crippen LogP contribution in [0.4, 0.5) is 10.1 Å². The molecule has 0 bridgehead atoms. The highest BCUT2D eigenvalue weighted by atomic mass is 19.1. The first-order valence-corrected chi connectivity index (χ1v) is 11.0. The zero-order valence-corrected chi connectivity index (χ0v) is 18.8. The molecule has 1 aliphatic heterocycles. The number of amides is 1. The minimum absolute atomic E-state index is 0.0244. The van der Waals surface area contributed by atoms with Gasteiger partial charge in [-0.2, -0.15) is 0 Å². The molecule has 2 N–H and O–H groups in total. The molecular weight excluding hydrogens is 393 g/mol. The van der Waals surface area contributed by atoms with Crippen molar-refractivity contribution in [2.75, 3.05) is 37.6 Å². The van der Waals surface area contributed by atoms with E-state index in [1.54, 1.807) is 12.1 Å². The van der Waals surface area contributed by atoms with Gasteiger partial charge in [0, 0.05) is 37.4 Å². The highest BCUT2D eigenvalue weighted by Gasteiger charge is 2.43. The van der Waals surface area contributed by atoms with Gasteiger partial charge in [0.2, 0.25) is 5.91 Å². The predicted molar refractivity (Wildman–Crippen MR) is 121 cm³/mol. The van der Waals surface area contributed by atoms with Gasteiger partial charge < -0.3 is 15.3 Å². The number of fused-ring (bicyclic) bond motifs is 1. The fourth-order valence-corrected chi connectivity index (χ4v) is 5.06. The van der Waals surface area contributed by atoms with Gasteiger partial charge in [-0.1, -0.05) is 26.0 Å². The third-order valence-corrected chi connectivity index (χ3v) is 6.78. The molecule has 6 heteroatoms. The molecule has 0 aromatic heterocycles. The van der Waals surface area contributed by atoms with E-state index in [0.717, 1.165) is 55.0 Å². The number of hydrogen-bond acceptors (Lipinski definition) is 4. The van der Waals surface area contributed by atoms with E-state index in [9.17, 15) is 14.3 Å². The number of aromatic hydroxyl groups is 1. The van der Waals surface area contributed by atoms with Crippen molar-refractivity contribution in [3.63, 3.8) is 0 Å². The molecule has 31 heavy (non-hydrogen) atoms. The van der Waals surface area contributed by atoms with Crippen LogP contribution in [0.15, 0.2) is 30.3 Å². The smallest absolute Gasteiger partial charge is 0.234 e. The number of phenols is 1. The summed E-state index contributed by atoms with van der Waals surface area (Å²) in [5.41, 5.74) is 4.78. The fraction of sp³-hybridized carbons (Fsp3) is 0.480. The van der Waals surface area contributed by atoms with Crippen molar-refractivity contribution in [1.29, 1.82) is 0 Å². The number of carbonyl (C=O) groups excluding carboxylic acids is 1. The summed E-state index contributed by atoms with van der Waals surface area (Å²) >= 11 is 0. The maximum atomic E-state index is 13.5. The molecule has 1 amide bonds. The molecule has 4 rings (SSSR count). The fourth-order valence-electron chi connectivity index (χ4n) is 5.06. The van der Waals surface area contributed by atoms with Crippen molar-refractivity contribution in [2.45, 2.75) is 40.2 Å². The molecule has 2 aromatic carbocycles. The first kappa shape index (κ1) is 21.6. The number of halogens is 1. The molecule has 1 saturated heterocycles. The monoisotopic (exact) mass is 425 g/mol. The van der Waals surface area contributed by atoms with Crippen molar-refractivity contribution < 1.29 is 14.3 Å². The Morgan fingerprint density at radius 1 is 1.16 bits per heavy atom. The molecule has 0 radical (unpaired) electrons. The lowest BCUT2D eigenvalue weighted by molar-refractivity contribution is -0.123. The third-order valence-electron chi connectivity index (χ3n) is 6.78. The maximum Gasteiger partial charge on any atom is 0.234 e. The van der Waals surface area contributed by atoms with Crippen LogP contribution in [0.25, 0.3) is 0 Å². The summed E-state index contributed by atoms with van der Waals surface area (Å²) in [7, 11) is 0. The Morgan fingerprint density at radius 2 is 1.87 bits per heavy atom. The molecular formula is C25H32FN3O2. The van der Waals surface area contributed by atoms with Crippen LogP contribution in [0.1, 0.15) is 42.1 Å². The molecule has 2 aliphatic rings. The minimum atomic E-state index is -0.229. The lowest BCUT2D eigenvalue weighted by atomic mass is 9.85. The average molecular weight is 426 g/mol. The highest BCUT2D eigenvalue weighted by Crippen LogP contribution is 2.50. The number of phenolic OH excluding ortho intramolecular Hbond substituents is 1. The van der Waals surface area contributed by atoms with Crippen molar-refractivity contribution in [3.8, 4) is 5.75 Å². The number of nitrogens with zero attached hydrogens (tertiary/aromatic N) is 2. The Morgan fingerprint density at radius 3 is 2.55 bits per heavy atom. The van der Waals surface area contributed by atoms with Gasteiger partial charge in [0.05, 0.1) is 12.6 Å². The van der Waals surface area contributed by atoms with Crippen LogP contribution >= 0.6 is 0 Å². The average Bonchev–Trinajstić information content (AvgIpc) is 2.98. The van der Waals surface area contributed by atoms with Crippen LogP contribution in [0.2, 0.25) is 0 Å². The Kier molecular flexibility index (Phi) is 5.69. The van der Waals surface area contributed by atoms with Crippen molar-refractivity contribution in [3.05, 3.63) is 58.4 Å². The summed E-state index contributed by atoms with van der Waals surface area (Å²) in [6.07, 6.45) is 0.833. The lowest BCUT2D eigenvalue weighted by Crippen LogP contribution is -2.50. The Bertz CT molecular complexity index is 997. The van der Waals surface area contributed by atoms with Crippen LogP contribution in [0, 0.1) is 25.1 Å². The molecule has 1 fully saturated rings. The second-order valence-electron chi connectivity index (χ2n) is 9.66. The third kappa shape index (κ3) is 4.26. The Labute approximate surface area is 183 Å². The normalized spacial score (nSPS) is 20.5. The molecule has 0 saturated carbocycles. The molecule has 166 valence electrons. The predicted octanol–water partition coefficient (Wildman–Crippen LogP) is 3.71. The van der Waals surface area contributed by atoms with E-state index in [0.29, 0.717) is 12.3 Å². The van der Waals surface area contributed by atoms with Gasteiger partial charge in [0.15, 0.2) is 0 Å². The summed E-state index contributed by atoms with van der Waals surface area (Å²) in [5.74, 6) is 0.0522. The summed E-state index contributed by atoms with van der Waals surface area (Å²) < 4.78 is 13.5. The maximum absolute atomic E-state index is 13.5. The molecule has 5 nitrogen and oxygen atoms in total. The van der Waals surface area contributed by atoms with Gasteiger partial charge in [-0.05, 0) is 60.6 Å². The summed E-state index contributed by atoms with van der Waals surface area (Å²) in [6.45, 7) is 11.6. The number of rotatable bonds is 4. The quantitative estimate of drug-likeness (QED) is 0.784. The summed E-state index contributed by atoms with van der Waals surface area (Å²) in [5, 5.41) is 14.0. The molecule has 2 aromatic rings. The number of piperazine rings is 1. The molecule has 1 unspecified atom stereocenters.